The maximum absolute atomic E-state index is 13.3. The van der Waals surface area contributed by atoms with Crippen molar-refractivity contribution < 1.29 is 9.53 Å². The fraction of sp³-hybridized carbons (Fsp3) is 0.737. The Balaban J connectivity index is 1.78. The summed E-state index contributed by atoms with van der Waals surface area (Å²) < 4.78 is 5.82. The molecule has 2 aliphatic rings. The number of aryl methyl sites for hydroxylation is 2. The largest absolute Gasteiger partial charge is 0.376 e. The van der Waals surface area contributed by atoms with Gasteiger partial charge in [0.15, 0.2) is 0 Å². The molecule has 0 saturated carbocycles. The molecule has 2 saturated heterocycles. The minimum absolute atomic E-state index is 0.236. The van der Waals surface area contributed by atoms with Crippen LogP contribution in [0.4, 0.5) is 0 Å². The van der Waals surface area contributed by atoms with E-state index in [-0.39, 0.29) is 12.0 Å². The van der Waals surface area contributed by atoms with Crippen molar-refractivity contribution in [3.05, 3.63) is 21.4 Å². The summed E-state index contributed by atoms with van der Waals surface area (Å²) in [5, 5.41) is 0. The van der Waals surface area contributed by atoms with Crippen molar-refractivity contribution in [2.24, 2.45) is 0 Å². The first-order valence-electron chi connectivity index (χ1n) is 9.34. The molecule has 2 fully saturated rings. The number of amides is 1. The SMILES string of the molecule is CCCc1sc(C(=O)N(CC2CCCO2)C2CCSC2)cc1CC. The van der Waals surface area contributed by atoms with E-state index in [0.717, 1.165) is 62.3 Å². The fourth-order valence-corrected chi connectivity index (χ4v) is 6.16. The van der Waals surface area contributed by atoms with Gasteiger partial charge in [-0.2, -0.15) is 11.8 Å². The van der Waals surface area contributed by atoms with Gasteiger partial charge in [-0.25, -0.2) is 0 Å². The molecule has 0 N–H and O–H groups in total. The maximum atomic E-state index is 13.3. The van der Waals surface area contributed by atoms with Gasteiger partial charge < -0.3 is 9.64 Å². The van der Waals surface area contributed by atoms with Crippen LogP contribution in [-0.4, -0.2) is 47.6 Å². The molecule has 0 radical (unpaired) electrons. The van der Waals surface area contributed by atoms with E-state index in [1.165, 1.54) is 16.2 Å². The smallest absolute Gasteiger partial charge is 0.264 e. The summed E-state index contributed by atoms with van der Waals surface area (Å²) in [6.07, 6.45) is 6.83. The lowest BCUT2D eigenvalue weighted by Crippen LogP contribution is -2.44. The van der Waals surface area contributed by atoms with E-state index < -0.39 is 0 Å². The van der Waals surface area contributed by atoms with Gasteiger partial charge in [-0.05, 0) is 49.5 Å². The molecule has 2 aliphatic heterocycles. The third-order valence-corrected chi connectivity index (χ3v) is 7.37. The molecule has 0 bridgehead atoms. The van der Waals surface area contributed by atoms with Gasteiger partial charge in [-0.1, -0.05) is 20.3 Å². The van der Waals surface area contributed by atoms with Crippen LogP contribution in [-0.2, 0) is 17.6 Å². The molecule has 134 valence electrons. The Morgan fingerprint density at radius 3 is 2.88 bits per heavy atom. The number of thioether (sulfide) groups is 1. The van der Waals surface area contributed by atoms with Gasteiger partial charge >= 0.3 is 0 Å². The molecule has 3 rings (SSSR count). The summed E-state index contributed by atoms with van der Waals surface area (Å²) in [6.45, 7) is 6.02. The second kappa shape index (κ2) is 8.72. The lowest BCUT2D eigenvalue weighted by Gasteiger charge is -2.30. The molecule has 3 heterocycles. The van der Waals surface area contributed by atoms with Gasteiger partial charge in [0.25, 0.3) is 5.91 Å². The Morgan fingerprint density at radius 2 is 2.25 bits per heavy atom. The summed E-state index contributed by atoms with van der Waals surface area (Å²) in [6, 6.07) is 2.54. The zero-order valence-electron chi connectivity index (χ0n) is 14.9. The topological polar surface area (TPSA) is 29.5 Å². The molecule has 0 spiro atoms. The van der Waals surface area contributed by atoms with Gasteiger partial charge in [-0.3, -0.25) is 4.79 Å². The van der Waals surface area contributed by atoms with Crippen molar-refractivity contribution in [1.29, 1.82) is 0 Å². The molecule has 5 heteroatoms. The normalized spacial score (nSPS) is 23.8. The lowest BCUT2D eigenvalue weighted by molar-refractivity contribution is 0.0445. The Morgan fingerprint density at radius 1 is 1.38 bits per heavy atom. The maximum Gasteiger partial charge on any atom is 0.264 e. The molecular formula is C19H29NO2S2. The summed E-state index contributed by atoms with van der Waals surface area (Å²) in [5.41, 5.74) is 1.36. The average molecular weight is 368 g/mol. The zero-order valence-corrected chi connectivity index (χ0v) is 16.5. The third kappa shape index (κ3) is 4.17. The fourth-order valence-electron chi connectivity index (χ4n) is 3.62. The molecule has 24 heavy (non-hydrogen) atoms. The first kappa shape index (κ1) is 18.3. The first-order valence-corrected chi connectivity index (χ1v) is 11.3. The second-order valence-electron chi connectivity index (χ2n) is 6.77. The van der Waals surface area contributed by atoms with E-state index in [1.54, 1.807) is 11.3 Å². The van der Waals surface area contributed by atoms with Crippen LogP contribution < -0.4 is 0 Å². The standard InChI is InChI=1S/C19H29NO2S2/c1-3-6-17-14(4-2)11-18(24-17)19(21)20(15-8-10-23-13-15)12-16-7-5-9-22-16/h11,15-16H,3-10,12-13H2,1-2H3. The van der Waals surface area contributed by atoms with E-state index in [9.17, 15) is 4.79 Å². The third-order valence-electron chi connectivity index (χ3n) is 5.00. The Labute approximate surface area is 154 Å². The number of rotatable bonds is 7. The molecule has 1 aromatic heterocycles. The van der Waals surface area contributed by atoms with Crippen LogP contribution in [0, 0.1) is 0 Å². The molecule has 2 atom stereocenters. The summed E-state index contributed by atoms with van der Waals surface area (Å²) in [4.78, 5) is 17.8. The Hall–Kier alpha value is -0.520. The number of hydrogen-bond acceptors (Lipinski definition) is 4. The molecule has 1 amide bonds. The number of hydrogen-bond donors (Lipinski definition) is 0. The van der Waals surface area contributed by atoms with E-state index in [2.05, 4.69) is 24.8 Å². The number of nitrogens with zero attached hydrogens (tertiary/aromatic N) is 1. The van der Waals surface area contributed by atoms with Crippen molar-refractivity contribution in [3.8, 4) is 0 Å². The number of carbonyl (C=O) groups excluding carboxylic acids is 1. The van der Waals surface area contributed by atoms with Gasteiger partial charge in [0, 0.05) is 29.8 Å². The summed E-state index contributed by atoms with van der Waals surface area (Å²) in [7, 11) is 0. The second-order valence-corrected chi connectivity index (χ2v) is 9.06. The van der Waals surface area contributed by atoms with Gasteiger partial charge in [0.2, 0.25) is 0 Å². The van der Waals surface area contributed by atoms with Gasteiger partial charge in [0.1, 0.15) is 0 Å². The van der Waals surface area contributed by atoms with Crippen LogP contribution in [0.2, 0.25) is 0 Å². The highest BCUT2D eigenvalue weighted by Gasteiger charge is 2.32. The van der Waals surface area contributed by atoms with E-state index in [0.29, 0.717) is 6.04 Å². The van der Waals surface area contributed by atoms with Crippen LogP contribution in [0.1, 0.15) is 59.6 Å². The number of ether oxygens (including phenoxy) is 1. The Kier molecular flexibility index (Phi) is 6.64. The van der Waals surface area contributed by atoms with Crippen molar-refractivity contribution in [2.45, 2.75) is 64.5 Å². The number of thiophene rings is 1. The highest BCUT2D eigenvalue weighted by atomic mass is 32.2. The molecule has 2 unspecified atom stereocenters. The van der Waals surface area contributed by atoms with Crippen molar-refractivity contribution in [2.75, 3.05) is 24.7 Å². The first-order chi connectivity index (χ1) is 11.7. The predicted octanol–water partition coefficient (Wildman–Crippen LogP) is 4.39. The van der Waals surface area contributed by atoms with E-state index in [4.69, 9.17) is 4.74 Å². The van der Waals surface area contributed by atoms with Crippen LogP contribution >= 0.6 is 23.1 Å². The minimum atomic E-state index is 0.236. The van der Waals surface area contributed by atoms with E-state index in [1.807, 2.05) is 11.8 Å². The van der Waals surface area contributed by atoms with Crippen molar-refractivity contribution >= 4 is 29.0 Å². The molecule has 0 aliphatic carbocycles. The van der Waals surface area contributed by atoms with Gasteiger partial charge in [0.05, 0.1) is 11.0 Å². The van der Waals surface area contributed by atoms with Crippen molar-refractivity contribution in [1.82, 2.24) is 4.90 Å². The zero-order chi connectivity index (χ0) is 16.9. The van der Waals surface area contributed by atoms with Crippen LogP contribution in [0.25, 0.3) is 0 Å². The average Bonchev–Trinajstić information content (AvgIpc) is 3.33. The molecular weight excluding hydrogens is 338 g/mol. The lowest BCUT2D eigenvalue weighted by atomic mass is 10.1. The highest BCUT2D eigenvalue weighted by Crippen LogP contribution is 2.30. The number of carbonyl (C=O) groups is 1. The van der Waals surface area contributed by atoms with Crippen LogP contribution in [0.15, 0.2) is 6.07 Å². The quantitative estimate of drug-likeness (QED) is 0.716. The molecule has 0 aromatic carbocycles. The van der Waals surface area contributed by atoms with Crippen molar-refractivity contribution in [3.63, 3.8) is 0 Å². The van der Waals surface area contributed by atoms with Crippen LogP contribution in [0.3, 0.4) is 0 Å². The Bertz CT molecular complexity index is 546. The molecule has 1 aromatic rings. The van der Waals surface area contributed by atoms with Crippen LogP contribution in [0.5, 0.6) is 0 Å². The van der Waals surface area contributed by atoms with Gasteiger partial charge in [-0.15, -0.1) is 11.3 Å². The van der Waals surface area contributed by atoms with E-state index >= 15 is 0 Å². The molecule has 3 nitrogen and oxygen atoms in total. The summed E-state index contributed by atoms with van der Waals surface area (Å²) >= 11 is 3.69. The summed E-state index contributed by atoms with van der Waals surface area (Å²) in [5.74, 6) is 2.48. The monoisotopic (exact) mass is 367 g/mol. The minimum Gasteiger partial charge on any atom is -0.376 e. The highest BCUT2D eigenvalue weighted by molar-refractivity contribution is 7.99. The predicted molar refractivity (Wildman–Crippen MR) is 103 cm³/mol.